The van der Waals surface area contributed by atoms with Crippen LogP contribution in [0.15, 0.2) is 65.7 Å². The van der Waals surface area contributed by atoms with E-state index in [-0.39, 0.29) is 5.41 Å². The minimum absolute atomic E-state index is 0.180. The van der Waals surface area contributed by atoms with Gasteiger partial charge in [-0.15, -0.1) is 0 Å². The first kappa shape index (κ1) is 20.6. The summed E-state index contributed by atoms with van der Waals surface area (Å²) in [4.78, 5) is 4.86. The molecule has 1 saturated carbocycles. The van der Waals surface area contributed by atoms with E-state index in [2.05, 4.69) is 47.9 Å². The zero-order valence-electron chi connectivity index (χ0n) is 16.7. The smallest absolute Gasteiger partial charge is 0.191 e. The third-order valence-corrected chi connectivity index (χ3v) is 6.69. The van der Waals surface area contributed by atoms with E-state index in [1.165, 1.54) is 24.8 Å². The Morgan fingerprint density at radius 3 is 2.32 bits per heavy atom. The second-order valence-electron chi connectivity index (χ2n) is 7.40. The first-order valence-corrected chi connectivity index (χ1v) is 11.7. The maximum Gasteiger partial charge on any atom is 0.191 e. The Morgan fingerprint density at radius 2 is 1.71 bits per heavy atom. The summed E-state index contributed by atoms with van der Waals surface area (Å²) in [7, 11) is -0.878. The summed E-state index contributed by atoms with van der Waals surface area (Å²) in [5.74, 6) is 2.04. The first-order chi connectivity index (χ1) is 13.7. The molecule has 0 saturated heterocycles. The zero-order chi connectivity index (χ0) is 19.7. The van der Waals surface area contributed by atoms with Crippen LogP contribution in [0.2, 0.25) is 0 Å². The van der Waals surface area contributed by atoms with Gasteiger partial charge < -0.3 is 10.6 Å². The summed E-state index contributed by atoms with van der Waals surface area (Å²) >= 11 is 0. The van der Waals surface area contributed by atoms with E-state index in [0.29, 0.717) is 18.1 Å². The molecule has 1 unspecified atom stereocenters. The number of benzene rings is 2. The normalized spacial score (nSPS) is 16.8. The lowest BCUT2D eigenvalue weighted by atomic mass is 9.64. The molecule has 0 bridgehead atoms. The highest BCUT2D eigenvalue weighted by Crippen LogP contribution is 2.43. The van der Waals surface area contributed by atoms with Crippen LogP contribution in [0.25, 0.3) is 0 Å². The quantitative estimate of drug-likeness (QED) is 0.502. The molecule has 28 heavy (non-hydrogen) atoms. The van der Waals surface area contributed by atoms with E-state index < -0.39 is 10.8 Å². The lowest BCUT2D eigenvalue weighted by Gasteiger charge is -2.41. The molecule has 1 aliphatic carbocycles. The van der Waals surface area contributed by atoms with Crippen LogP contribution in [0.3, 0.4) is 0 Å². The Kier molecular flexibility index (Phi) is 7.66. The highest BCUT2D eigenvalue weighted by Gasteiger charge is 2.38. The van der Waals surface area contributed by atoms with Gasteiger partial charge in [-0.05, 0) is 30.9 Å². The SMILES string of the molecule is CCNC(=NCC1(c2ccccc2)CCC1)NCCS(=O)Cc1ccccc1. The van der Waals surface area contributed by atoms with Crippen molar-refractivity contribution in [2.75, 3.05) is 25.4 Å². The molecule has 3 rings (SSSR count). The summed E-state index contributed by atoms with van der Waals surface area (Å²) in [6, 6.07) is 20.8. The Morgan fingerprint density at radius 1 is 1.04 bits per heavy atom. The van der Waals surface area contributed by atoms with Crippen molar-refractivity contribution in [1.82, 2.24) is 10.6 Å². The Hall–Kier alpha value is -2.14. The summed E-state index contributed by atoms with van der Waals surface area (Å²) in [5.41, 5.74) is 2.70. The molecule has 1 fully saturated rings. The van der Waals surface area contributed by atoms with Crippen LogP contribution < -0.4 is 10.6 Å². The van der Waals surface area contributed by atoms with Gasteiger partial charge in [0.25, 0.3) is 0 Å². The molecule has 4 nitrogen and oxygen atoms in total. The van der Waals surface area contributed by atoms with Crippen molar-refractivity contribution in [3.05, 3.63) is 71.8 Å². The summed E-state index contributed by atoms with van der Waals surface area (Å²) in [6.07, 6.45) is 3.66. The van der Waals surface area contributed by atoms with Crippen LogP contribution in [0.5, 0.6) is 0 Å². The highest BCUT2D eigenvalue weighted by molar-refractivity contribution is 7.84. The van der Waals surface area contributed by atoms with Crippen molar-refractivity contribution in [2.45, 2.75) is 37.4 Å². The van der Waals surface area contributed by atoms with Crippen molar-refractivity contribution >= 4 is 16.8 Å². The van der Waals surface area contributed by atoms with E-state index >= 15 is 0 Å². The second-order valence-corrected chi connectivity index (χ2v) is 8.97. The highest BCUT2D eigenvalue weighted by atomic mass is 32.2. The van der Waals surface area contributed by atoms with Gasteiger partial charge in [-0.25, -0.2) is 0 Å². The lowest BCUT2D eigenvalue weighted by molar-refractivity contribution is 0.253. The van der Waals surface area contributed by atoms with Crippen molar-refractivity contribution in [3.63, 3.8) is 0 Å². The van der Waals surface area contributed by atoms with Gasteiger partial charge in [0.2, 0.25) is 0 Å². The number of guanidine groups is 1. The van der Waals surface area contributed by atoms with Crippen LogP contribution in [0.4, 0.5) is 0 Å². The van der Waals surface area contributed by atoms with Crippen molar-refractivity contribution in [3.8, 4) is 0 Å². The molecule has 2 aromatic rings. The molecule has 150 valence electrons. The van der Waals surface area contributed by atoms with Gasteiger partial charge in [-0.1, -0.05) is 67.1 Å². The predicted octanol–water partition coefficient (Wildman–Crippen LogP) is 3.61. The first-order valence-electron chi connectivity index (χ1n) is 10.2. The Bertz CT molecular complexity index is 773. The van der Waals surface area contributed by atoms with Crippen LogP contribution in [-0.2, 0) is 22.0 Å². The molecule has 2 N–H and O–H groups in total. The fourth-order valence-corrected chi connectivity index (χ4v) is 4.66. The van der Waals surface area contributed by atoms with Crippen molar-refractivity contribution in [2.24, 2.45) is 4.99 Å². The summed E-state index contributed by atoms with van der Waals surface area (Å²) < 4.78 is 12.3. The minimum Gasteiger partial charge on any atom is -0.357 e. The third kappa shape index (κ3) is 5.68. The van der Waals surface area contributed by atoms with Crippen molar-refractivity contribution < 1.29 is 4.21 Å². The predicted molar refractivity (Wildman–Crippen MR) is 119 cm³/mol. The molecule has 0 spiro atoms. The molecule has 0 radical (unpaired) electrons. The Balaban J connectivity index is 1.52. The molecule has 0 aliphatic heterocycles. The maximum absolute atomic E-state index is 12.3. The average Bonchev–Trinajstić information content (AvgIpc) is 2.68. The molecule has 0 aromatic heterocycles. The summed E-state index contributed by atoms with van der Waals surface area (Å²) in [6.45, 7) is 4.33. The van der Waals surface area contributed by atoms with E-state index in [0.717, 1.165) is 24.6 Å². The topological polar surface area (TPSA) is 53.5 Å². The zero-order valence-corrected chi connectivity index (χ0v) is 17.5. The number of nitrogens with one attached hydrogen (secondary N) is 2. The van der Waals surface area contributed by atoms with E-state index in [1.54, 1.807) is 0 Å². The van der Waals surface area contributed by atoms with Gasteiger partial charge in [0.1, 0.15) is 0 Å². The standard InChI is InChI=1S/C23H31N3OS/c1-2-24-22(25-16-17-28(27)18-20-10-5-3-6-11-20)26-19-23(14-9-15-23)21-12-7-4-8-13-21/h3-8,10-13H,2,9,14-19H2,1H3,(H2,24,25,26). The lowest BCUT2D eigenvalue weighted by Crippen LogP contribution is -2.42. The molecule has 5 heteroatoms. The largest absolute Gasteiger partial charge is 0.357 e. The average molecular weight is 398 g/mol. The third-order valence-electron chi connectivity index (χ3n) is 5.37. The Labute approximate surface area is 171 Å². The van der Waals surface area contributed by atoms with Crippen LogP contribution in [0, 0.1) is 0 Å². The van der Waals surface area contributed by atoms with Gasteiger partial charge >= 0.3 is 0 Å². The minimum atomic E-state index is -0.878. The van der Waals surface area contributed by atoms with E-state index in [4.69, 9.17) is 4.99 Å². The number of rotatable bonds is 9. The molecule has 2 aromatic carbocycles. The number of aliphatic imine (C=N–C) groups is 1. The number of hydrogen-bond acceptors (Lipinski definition) is 2. The molecule has 1 aliphatic rings. The molecular formula is C23H31N3OS. The van der Waals surface area contributed by atoms with Gasteiger partial charge in [0.05, 0.1) is 6.54 Å². The number of nitrogens with zero attached hydrogens (tertiary/aromatic N) is 1. The summed E-state index contributed by atoms with van der Waals surface area (Å²) in [5, 5.41) is 6.67. The van der Waals surface area contributed by atoms with E-state index in [1.807, 2.05) is 30.3 Å². The molecule has 1 atom stereocenters. The van der Waals surface area contributed by atoms with Crippen LogP contribution >= 0.6 is 0 Å². The fraction of sp³-hybridized carbons (Fsp3) is 0.435. The van der Waals surface area contributed by atoms with Gasteiger partial charge in [0.15, 0.2) is 5.96 Å². The van der Waals surface area contributed by atoms with Crippen LogP contribution in [-0.4, -0.2) is 35.6 Å². The van der Waals surface area contributed by atoms with Gasteiger partial charge in [-0.2, -0.15) is 0 Å². The molecular weight excluding hydrogens is 366 g/mol. The van der Waals surface area contributed by atoms with Crippen LogP contribution in [0.1, 0.15) is 37.3 Å². The fourth-order valence-electron chi connectivity index (χ4n) is 3.62. The second kappa shape index (κ2) is 10.4. The van der Waals surface area contributed by atoms with E-state index in [9.17, 15) is 4.21 Å². The molecule has 0 amide bonds. The number of hydrogen-bond donors (Lipinski definition) is 2. The maximum atomic E-state index is 12.3. The van der Waals surface area contributed by atoms with Gasteiger partial charge in [-0.3, -0.25) is 9.20 Å². The van der Waals surface area contributed by atoms with Gasteiger partial charge in [0, 0.05) is 40.8 Å². The molecule has 0 heterocycles. The monoisotopic (exact) mass is 397 g/mol. The van der Waals surface area contributed by atoms with Crippen molar-refractivity contribution in [1.29, 1.82) is 0 Å².